The lowest BCUT2D eigenvalue weighted by Gasteiger charge is -2.32. The number of nitrogens with one attached hydrogen (secondary N) is 1. The van der Waals surface area contributed by atoms with Gasteiger partial charge in [-0.15, -0.1) is 0 Å². The van der Waals surface area contributed by atoms with E-state index in [2.05, 4.69) is 17.4 Å². The first kappa shape index (κ1) is 23.8. The molecule has 2 aromatic rings. The zero-order valence-electron chi connectivity index (χ0n) is 19.5. The van der Waals surface area contributed by atoms with Gasteiger partial charge in [-0.1, -0.05) is 68.3 Å². The highest BCUT2D eigenvalue weighted by atomic mass is 16.5. The maximum absolute atomic E-state index is 13.3. The fourth-order valence-electron chi connectivity index (χ4n) is 5.25. The summed E-state index contributed by atoms with van der Waals surface area (Å²) in [5.41, 5.74) is 4.42. The Balaban J connectivity index is 1.45. The maximum atomic E-state index is 13.3. The molecule has 180 valence electrons. The van der Waals surface area contributed by atoms with Crippen LogP contribution >= 0.6 is 0 Å². The van der Waals surface area contributed by atoms with Gasteiger partial charge < -0.3 is 20.1 Å². The van der Waals surface area contributed by atoms with Crippen molar-refractivity contribution in [1.82, 2.24) is 10.2 Å². The summed E-state index contributed by atoms with van der Waals surface area (Å²) in [5.74, 6) is -1.59. The van der Waals surface area contributed by atoms with Gasteiger partial charge in [0.25, 0.3) is 0 Å². The third-order valence-electron chi connectivity index (χ3n) is 6.94. The minimum Gasteiger partial charge on any atom is -0.481 e. The SMILES string of the molecule is CCC1CCCCCN1C(=O)C(CC(=O)O)NC(=O)OCC1c2ccccc2-c2ccccc21. The Morgan fingerprint density at radius 2 is 1.68 bits per heavy atom. The molecule has 0 bridgehead atoms. The molecule has 4 rings (SSSR count). The Hall–Kier alpha value is -3.35. The molecule has 0 spiro atoms. The molecule has 2 unspecified atom stereocenters. The van der Waals surface area contributed by atoms with E-state index in [-0.39, 0.29) is 24.5 Å². The summed E-state index contributed by atoms with van der Waals surface area (Å²) in [6, 6.07) is 15.0. The predicted molar refractivity (Wildman–Crippen MR) is 129 cm³/mol. The number of amides is 2. The first-order valence-corrected chi connectivity index (χ1v) is 12.1. The number of ether oxygens (including phenoxy) is 1. The van der Waals surface area contributed by atoms with Gasteiger partial charge in [0.2, 0.25) is 5.91 Å². The molecule has 2 atom stereocenters. The number of carboxylic acid groups (broad SMARTS) is 1. The van der Waals surface area contributed by atoms with Gasteiger partial charge in [0.05, 0.1) is 6.42 Å². The number of carbonyl (C=O) groups is 3. The molecule has 2 amide bonds. The smallest absolute Gasteiger partial charge is 0.407 e. The molecule has 2 aliphatic rings. The minimum atomic E-state index is -1.15. The number of hydrogen-bond donors (Lipinski definition) is 2. The Kier molecular flexibility index (Phi) is 7.50. The lowest BCUT2D eigenvalue weighted by atomic mass is 9.98. The number of fused-ring (bicyclic) bond motifs is 3. The van der Waals surface area contributed by atoms with E-state index in [9.17, 15) is 19.5 Å². The molecule has 2 aromatic carbocycles. The molecule has 0 aromatic heterocycles. The van der Waals surface area contributed by atoms with Crippen molar-refractivity contribution >= 4 is 18.0 Å². The van der Waals surface area contributed by atoms with Crippen LogP contribution in [-0.2, 0) is 14.3 Å². The average molecular weight is 465 g/mol. The van der Waals surface area contributed by atoms with Gasteiger partial charge in [0.15, 0.2) is 0 Å². The maximum Gasteiger partial charge on any atom is 0.407 e. The quantitative estimate of drug-likeness (QED) is 0.627. The van der Waals surface area contributed by atoms with Gasteiger partial charge >= 0.3 is 12.1 Å². The highest BCUT2D eigenvalue weighted by Crippen LogP contribution is 2.44. The van der Waals surface area contributed by atoms with Crippen molar-refractivity contribution in [2.24, 2.45) is 0 Å². The topological polar surface area (TPSA) is 95.9 Å². The van der Waals surface area contributed by atoms with Crippen molar-refractivity contribution in [2.75, 3.05) is 13.2 Å². The molecule has 7 heteroatoms. The number of aliphatic carboxylic acids is 1. The lowest BCUT2D eigenvalue weighted by Crippen LogP contribution is -2.52. The van der Waals surface area contributed by atoms with Gasteiger partial charge in [-0.3, -0.25) is 9.59 Å². The summed E-state index contributed by atoms with van der Waals surface area (Å²) in [4.78, 5) is 39.2. The molecule has 1 aliphatic heterocycles. The Morgan fingerprint density at radius 3 is 2.29 bits per heavy atom. The van der Waals surface area contributed by atoms with Crippen LogP contribution in [0, 0.1) is 0 Å². The fraction of sp³-hybridized carbons (Fsp3) is 0.444. The van der Waals surface area contributed by atoms with E-state index in [1.54, 1.807) is 4.90 Å². The van der Waals surface area contributed by atoms with Crippen LogP contribution in [0.4, 0.5) is 4.79 Å². The highest BCUT2D eigenvalue weighted by molar-refractivity contribution is 5.89. The zero-order chi connectivity index (χ0) is 24.1. The average Bonchev–Trinajstić information content (AvgIpc) is 2.97. The van der Waals surface area contributed by atoms with Gasteiger partial charge in [0.1, 0.15) is 12.6 Å². The largest absolute Gasteiger partial charge is 0.481 e. The number of rotatable bonds is 7. The van der Waals surface area contributed by atoms with Crippen LogP contribution in [0.1, 0.15) is 62.5 Å². The molecule has 2 N–H and O–H groups in total. The second-order valence-corrected chi connectivity index (χ2v) is 9.06. The highest BCUT2D eigenvalue weighted by Gasteiger charge is 2.34. The van der Waals surface area contributed by atoms with Crippen LogP contribution in [0.5, 0.6) is 0 Å². The molecule has 0 saturated carbocycles. The number of alkyl carbamates (subject to hydrolysis) is 1. The molecular formula is C27H32N2O5. The summed E-state index contributed by atoms with van der Waals surface area (Å²) < 4.78 is 5.55. The summed E-state index contributed by atoms with van der Waals surface area (Å²) in [6.45, 7) is 2.72. The monoisotopic (exact) mass is 464 g/mol. The molecule has 1 fully saturated rings. The number of hydrogen-bond acceptors (Lipinski definition) is 4. The summed E-state index contributed by atoms with van der Waals surface area (Å²) in [6.07, 6.45) is 3.42. The first-order chi connectivity index (χ1) is 16.5. The van der Waals surface area contributed by atoms with Gasteiger partial charge in [-0.2, -0.15) is 0 Å². The number of carbonyl (C=O) groups excluding carboxylic acids is 2. The number of nitrogens with zero attached hydrogens (tertiary/aromatic N) is 1. The Morgan fingerprint density at radius 1 is 1.03 bits per heavy atom. The molecule has 0 radical (unpaired) electrons. The molecular weight excluding hydrogens is 432 g/mol. The van der Waals surface area contributed by atoms with Crippen LogP contribution in [0.15, 0.2) is 48.5 Å². The zero-order valence-corrected chi connectivity index (χ0v) is 19.5. The molecule has 34 heavy (non-hydrogen) atoms. The minimum absolute atomic E-state index is 0.0654. The Bertz CT molecular complexity index is 1010. The van der Waals surface area contributed by atoms with E-state index in [1.807, 2.05) is 43.3 Å². The third kappa shape index (κ3) is 5.08. The van der Waals surface area contributed by atoms with E-state index in [1.165, 1.54) is 0 Å². The van der Waals surface area contributed by atoms with Crippen LogP contribution in [0.2, 0.25) is 0 Å². The number of likely N-dealkylation sites (tertiary alicyclic amines) is 1. The van der Waals surface area contributed by atoms with Crippen LogP contribution < -0.4 is 5.32 Å². The van der Waals surface area contributed by atoms with Crippen molar-refractivity contribution in [1.29, 1.82) is 0 Å². The first-order valence-electron chi connectivity index (χ1n) is 12.1. The van der Waals surface area contributed by atoms with E-state index in [0.29, 0.717) is 6.54 Å². The van der Waals surface area contributed by atoms with Crippen molar-refractivity contribution < 1.29 is 24.2 Å². The normalized spacial score (nSPS) is 18.4. The summed E-state index contributed by atoms with van der Waals surface area (Å²) in [7, 11) is 0. The van der Waals surface area contributed by atoms with Gasteiger partial charge in [-0.25, -0.2) is 4.79 Å². The standard InChI is InChI=1S/C27H32N2O5/c1-2-18-10-4-3-9-15-29(18)26(32)24(16-25(30)31)28-27(33)34-17-23-21-13-7-5-11-19(21)20-12-6-8-14-22(20)23/h5-8,11-14,18,23-24H,2-4,9-10,15-17H2,1H3,(H,28,33)(H,30,31). The van der Waals surface area contributed by atoms with E-state index < -0.39 is 24.5 Å². The Labute approximate surface area is 200 Å². The van der Waals surface area contributed by atoms with Crippen LogP contribution in [0.25, 0.3) is 11.1 Å². The van der Waals surface area contributed by atoms with Crippen molar-refractivity contribution in [2.45, 2.75) is 63.5 Å². The summed E-state index contributed by atoms with van der Waals surface area (Å²) >= 11 is 0. The number of carboxylic acids is 1. The van der Waals surface area contributed by atoms with E-state index in [4.69, 9.17) is 4.74 Å². The van der Waals surface area contributed by atoms with Crippen molar-refractivity contribution in [3.8, 4) is 11.1 Å². The third-order valence-corrected chi connectivity index (χ3v) is 6.94. The van der Waals surface area contributed by atoms with Gasteiger partial charge in [0, 0.05) is 18.5 Å². The molecule has 1 aliphatic carbocycles. The van der Waals surface area contributed by atoms with E-state index >= 15 is 0 Å². The fourth-order valence-corrected chi connectivity index (χ4v) is 5.25. The van der Waals surface area contributed by atoms with Gasteiger partial charge in [-0.05, 0) is 41.5 Å². The second-order valence-electron chi connectivity index (χ2n) is 9.06. The molecule has 7 nitrogen and oxygen atoms in total. The van der Waals surface area contributed by atoms with Crippen molar-refractivity contribution in [3.05, 3.63) is 59.7 Å². The predicted octanol–water partition coefficient (Wildman–Crippen LogP) is 4.55. The van der Waals surface area contributed by atoms with E-state index in [0.717, 1.165) is 54.4 Å². The van der Waals surface area contributed by atoms with Crippen LogP contribution in [-0.4, -0.2) is 53.2 Å². The van der Waals surface area contributed by atoms with Crippen molar-refractivity contribution in [3.63, 3.8) is 0 Å². The second kappa shape index (κ2) is 10.7. The van der Waals surface area contributed by atoms with Crippen LogP contribution in [0.3, 0.4) is 0 Å². The summed E-state index contributed by atoms with van der Waals surface area (Å²) in [5, 5.41) is 11.9. The molecule has 1 saturated heterocycles. The lowest BCUT2D eigenvalue weighted by molar-refractivity contribution is -0.143. The molecule has 1 heterocycles. The number of benzene rings is 2.